The van der Waals surface area contributed by atoms with Gasteiger partial charge in [0.05, 0.1) is 18.6 Å². The van der Waals surface area contributed by atoms with Crippen LogP contribution in [0.1, 0.15) is 33.1 Å². The standard InChI is InChI=1S/C13H24N2O2/c1-7(2)10(6-16)15-13(17)11-8-3-4-9(5-8)12(11)14/h7-12,16H,3-6,14H2,1-2H3,(H,15,17)/t8?,9?,10-,11?,12?/m1/s1. The molecule has 5 atom stereocenters. The van der Waals surface area contributed by atoms with Gasteiger partial charge in [-0.2, -0.15) is 0 Å². The Kier molecular flexibility index (Phi) is 3.73. The number of nitrogens with one attached hydrogen (secondary N) is 1. The van der Waals surface area contributed by atoms with E-state index in [2.05, 4.69) is 5.32 Å². The first-order chi connectivity index (χ1) is 8.04. The number of amides is 1. The van der Waals surface area contributed by atoms with E-state index in [1.54, 1.807) is 0 Å². The van der Waals surface area contributed by atoms with E-state index < -0.39 is 0 Å². The molecule has 2 aliphatic carbocycles. The Morgan fingerprint density at radius 2 is 2.06 bits per heavy atom. The number of aliphatic hydroxyl groups excluding tert-OH is 1. The van der Waals surface area contributed by atoms with E-state index >= 15 is 0 Å². The molecule has 4 unspecified atom stereocenters. The summed E-state index contributed by atoms with van der Waals surface area (Å²) in [5.41, 5.74) is 6.14. The summed E-state index contributed by atoms with van der Waals surface area (Å²) in [6, 6.07) is -0.117. The Morgan fingerprint density at radius 3 is 2.53 bits per heavy atom. The first kappa shape index (κ1) is 12.8. The molecule has 0 aromatic carbocycles. The van der Waals surface area contributed by atoms with Crippen molar-refractivity contribution in [1.82, 2.24) is 5.32 Å². The maximum atomic E-state index is 12.2. The molecule has 0 aromatic rings. The number of carbonyl (C=O) groups excluding carboxylic acids is 1. The third-order valence-corrected chi connectivity index (χ3v) is 4.61. The highest BCUT2D eigenvalue weighted by molar-refractivity contribution is 5.80. The predicted octanol–water partition coefficient (Wildman–Crippen LogP) is 0.493. The van der Waals surface area contributed by atoms with Crippen LogP contribution in [0.4, 0.5) is 0 Å². The number of aliphatic hydroxyl groups is 1. The van der Waals surface area contributed by atoms with Gasteiger partial charge in [-0.25, -0.2) is 0 Å². The zero-order valence-corrected chi connectivity index (χ0v) is 10.7. The van der Waals surface area contributed by atoms with Crippen molar-refractivity contribution in [2.24, 2.45) is 29.4 Å². The summed E-state index contributed by atoms with van der Waals surface area (Å²) in [6.07, 6.45) is 3.44. The van der Waals surface area contributed by atoms with Gasteiger partial charge in [0.1, 0.15) is 0 Å². The molecule has 0 saturated heterocycles. The summed E-state index contributed by atoms with van der Waals surface area (Å²) < 4.78 is 0. The summed E-state index contributed by atoms with van der Waals surface area (Å²) in [7, 11) is 0. The number of hydrogen-bond donors (Lipinski definition) is 3. The molecule has 17 heavy (non-hydrogen) atoms. The molecule has 4 nitrogen and oxygen atoms in total. The summed E-state index contributed by atoms with van der Waals surface area (Å²) in [6.45, 7) is 4.00. The van der Waals surface area contributed by atoms with Gasteiger partial charge in [-0.15, -0.1) is 0 Å². The van der Waals surface area contributed by atoms with Gasteiger partial charge in [0.2, 0.25) is 5.91 Å². The molecule has 0 aliphatic heterocycles. The van der Waals surface area contributed by atoms with Crippen LogP contribution in [0.2, 0.25) is 0 Å². The van der Waals surface area contributed by atoms with Crippen LogP contribution in [0.25, 0.3) is 0 Å². The number of nitrogens with two attached hydrogens (primary N) is 1. The van der Waals surface area contributed by atoms with Crippen LogP contribution in [0.15, 0.2) is 0 Å². The van der Waals surface area contributed by atoms with E-state index in [1.165, 1.54) is 6.42 Å². The lowest BCUT2D eigenvalue weighted by atomic mass is 9.84. The third-order valence-electron chi connectivity index (χ3n) is 4.61. The first-order valence-electron chi connectivity index (χ1n) is 6.71. The zero-order chi connectivity index (χ0) is 12.6. The van der Waals surface area contributed by atoms with E-state index in [0.717, 1.165) is 12.8 Å². The largest absolute Gasteiger partial charge is 0.394 e. The molecule has 2 bridgehead atoms. The monoisotopic (exact) mass is 240 g/mol. The van der Waals surface area contributed by atoms with Gasteiger partial charge in [0.25, 0.3) is 0 Å². The average molecular weight is 240 g/mol. The second-order valence-corrected chi connectivity index (χ2v) is 5.98. The van der Waals surface area contributed by atoms with Crippen LogP contribution in [0, 0.1) is 23.7 Å². The predicted molar refractivity (Wildman–Crippen MR) is 66.2 cm³/mol. The van der Waals surface area contributed by atoms with Crippen molar-refractivity contribution in [2.75, 3.05) is 6.61 Å². The summed E-state index contributed by atoms with van der Waals surface area (Å²) in [5.74, 6) is 1.29. The molecule has 0 spiro atoms. The number of carbonyl (C=O) groups is 1. The molecule has 98 valence electrons. The molecule has 2 saturated carbocycles. The highest BCUT2D eigenvalue weighted by Crippen LogP contribution is 2.47. The van der Waals surface area contributed by atoms with E-state index in [4.69, 9.17) is 5.73 Å². The van der Waals surface area contributed by atoms with Gasteiger partial charge in [-0.1, -0.05) is 13.8 Å². The lowest BCUT2D eigenvalue weighted by Crippen LogP contribution is -2.50. The van der Waals surface area contributed by atoms with Crippen molar-refractivity contribution in [3.8, 4) is 0 Å². The van der Waals surface area contributed by atoms with Crippen molar-refractivity contribution in [1.29, 1.82) is 0 Å². The fourth-order valence-electron chi connectivity index (χ4n) is 3.43. The second kappa shape index (κ2) is 4.94. The highest BCUT2D eigenvalue weighted by Gasteiger charge is 2.49. The topological polar surface area (TPSA) is 75.3 Å². The van der Waals surface area contributed by atoms with Gasteiger partial charge in [0, 0.05) is 6.04 Å². The molecule has 0 aromatic heterocycles. The minimum Gasteiger partial charge on any atom is -0.394 e. The first-order valence-corrected chi connectivity index (χ1v) is 6.71. The molecule has 2 fully saturated rings. The quantitative estimate of drug-likeness (QED) is 0.669. The SMILES string of the molecule is CC(C)[C@@H](CO)NC(=O)C1C2CCC(C2)C1N. The van der Waals surface area contributed by atoms with Crippen molar-refractivity contribution in [3.05, 3.63) is 0 Å². The summed E-state index contributed by atoms with van der Waals surface area (Å²) >= 11 is 0. The number of rotatable bonds is 4. The minimum atomic E-state index is -0.145. The van der Waals surface area contributed by atoms with Gasteiger partial charge >= 0.3 is 0 Å². The van der Waals surface area contributed by atoms with Crippen molar-refractivity contribution in [2.45, 2.75) is 45.2 Å². The average Bonchev–Trinajstić information content (AvgIpc) is 2.85. The van der Waals surface area contributed by atoms with Crippen molar-refractivity contribution >= 4 is 5.91 Å². The minimum absolute atomic E-state index is 0.000536. The van der Waals surface area contributed by atoms with Crippen LogP contribution >= 0.6 is 0 Å². The normalized spacial score (nSPS) is 37.5. The van der Waals surface area contributed by atoms with Crippen LogP contribution in [0.5, 0.6) is 0 Å². The Bertz CT molecular complexity index is 291. The van der Waals surface area contributed by atoms with E-state index in [1.807, 2.05) is 13.8 Å². The Hall–Kier alpha value is -0.610. The number of hydrogen-bond acceptors (Lipinski definition) is 3. The number of fused-ring (bicyclic) bond motifs is 2. The van der Waals surface area contributed by atoms with Gasteiger partial charge in [-0.3, -0.25) is 4.79 Å². The highest BCUT2D eigenvalue weighted by atomic mass is 16.3. The molecular weight excluding hydrogens is 216 g/mol. The van der Waals surface area contributed by atoms with Gasteiger partial charge < -0.3 is 16.2 Å². The fraction of sp³-hybridized carbons (Fsp3) is 0.923. The summed E-state index contributed by atoms with van der Waals surface area (Å²) in [4.78, 5) is 12.2. The zero-order valence-electron chi connectivity index (χ0n) is 10.7. The van der Waals surface area contributed by atoms with Crippen molar-refractivity contribution in [3.63, 3.8) is 0 Å². The lowest BCUT2D eigenvalue weighted by molar-refractivity contribution is -0.128. The smallest absolute Gasteiger partial charge is 0.225 e. The molecule has 2 rings (SSSR count). The molecule has 2 aliphatic rings. The molecule has 0 heterocycles. The molecule has 4 N–H and O–H groups in total. The molecule has 1 amide bonds. The van der Waals surface area contributed by atoms with Crippen LogP contribution < -0.4 is 11.1 Å². The van der Waals surface area contributed by atoms with E-state index in [9.17, 15) is 9.90 Å². The lowest BCUT2D eigenvalue weighted by Gasteiger charge is -2.29. The Morgan fingerprint density at radius 1 is 1.41 bits per heavy atom. The van der Waals surface area contributed by atoms with E-state index in [-0.39, 0.29) is 36.4 Å². The maximum absolute atomic E-state index is 12.2. The van der Waals surface area contributed by atoms with Crippen molar-refractivity contribution < 1.29 is 9.90 Å². The van der Waals surface area contributed by atoms with Gasteiger partial charge in [-0.05, 0) is 37.0 Å². The van der Waals surface area contributed by atoms with E-state index in [0.29, 0.717) is 11.8 Å². The summed E-state index contributed by atoms with van der Waals surface area (Å²) in [5, 5.41) is 12.2. The van der Waals surface area contributed by atoms with Crippen LogP contribution in [0.3, 0.4) is 0 Å². The molecular formula is C13H24N2O2. The molecule has 0 radical (unpaired) electrons. The maximum Gasteiger partial charge on any atom is 0.225 e. The fourth-order valence-corrected chi connectivity index (χ4v) is 3.43. The Balaban J connectivity index is 1.96. The molecule has 4 heteroatoms. The van der Waals surface area contributed by atoms with Crippen LogP contribution in [-0.4, -0.2) is 29.7 Å². The van der Waals surface area contributed by atoms with Gasteiger partial charge in [0.15, 0.2) is 0 Å². The third kappa shape index (κ3) is 2.33. The Labute approximate surface area is 103 Å². The van der Waals surface area contributed by atoms with Crippen LogP contribution in [-0.2, 0) is 4.79 Å². The second-order valence-electron chi connectivity index (χ2n) is 5.98.